The number of rotatable bonds is 5. The number of hydrogen-bond acceptors (Lipinski definition) is 4. The highest BCUT2D eigenvalue weighted by Crippen LogP contribution is 2.38. The van der Waals surface area contributed by atoms with Gasteiger partial charge < -0.3 is 16.8 Å². The van der Waals surface area contributed by atoms with E-state index in [0.29, 0.717) is 11.4 Å². The Morgan fingerprint density at radius 2 is 2.06 bits per heavy atom. The van der Waals surface area contributed by atoms with Gasteiger partial charge in [0.25, 0.3) is 5.91 Å². The Morgan fingerprint density at radius 3 is 2.74 bits per heavy atom. The molecule has 2 aliphatic carbocycles. The van der Waals surface area contributed by atoms with Crippen molar-refractivity contribution >= 4 is 11.6 Å². The number of nitrogens with one attached hydrogen (secondary N) is 1. The number of hydrogen-bond donors (Lipinski definition) is 3. The normalized spacial score (nSPS) is 22.7. The standard InChI is InChI=1S/C24H34FN5O/c1-4-18-15-9-10-24(2,3)13-21(15)30(29-18)14-11-16(25)22(23(27)31)20(12-14)28-19-8-6-5-7-17(19)26/h11-12,17,19,28H,4-10,13,26H2,1-3H3,(H2,27,31)/t17-,19-/m0/s1. The van der Waals surface area contributed by atoms with Crippen LogP contribution < -0.4 is 16.8 Å². The Labute approximate surface area is 183 Å². The molecule has 2 atom stereocenters. The predicted octanol–water partition coefficient (Wildman–Crippen LogP) is 3.87. The van der Waals surface area contributed by atoms with Crippen LogP contribution in [0.3, 0.4) is 0 Å². The number of halogens is 1. The molecule has 2 aromatic rings. The lowest BCUT2D eigenvalue weighted by molar-refractivity contribution is 0.0997. The second kappa shape index (κ2) is 8.26. The molecule has 2 aliphatic rings. The minimum absolute atomic E-state index is 0.0156. The summed E-state index contributed by atoms with van der Waals surface area (Å²) in [6.07, 6.45) is 7.75. The summed E-state index contributed by atoms with van der Waals surface area (Å²) in [4.78, 5) is 12.1. The summed E-state index contributed by atoms with van der Waals surface area (Å²) < 4.78 is 17.0. The number of anilines is 1. The van der Waals surface area contributed by atoms with Crippen molar-refractivity contribution in [2.75, 3.05) is 5.32 Å². The third kappa shape index (κ3) is 4.20. The maximum atomic E-state index is 15.2. The second-order valence-electron chi connectivity index (χ2n) is 9.89. The van der Waals surface area contributed by atoms with Crippen molar-refractivity contribution in [2.24, 2.45) is 16.9 Å². The van der Waals surface area contributed by atoms with E-state index in [4.69, 9.17) is 16.6 Å². The van der Waals surface area contributed by atoms with Gasteiger partial charge in [0.15, 0.2) is 0 Å². The monoisotopic (exact) mass is 427 g/mol. The van der Waals surface area contributed by atoms with Gasteiger partial charge in [0, 0.05) is 23.8 Å². The van der Waals surface area contributed by atoms with Crippen molar-refractivity contribution in [2.45, 2.75) is 84.2 Å². The van der Waals surface area contributed by atoms with Crippen LogP contribution in [0.25, 0.3) is 5.69 Å². The second-order valence-corrected chi connectivity index (χ2v) is 9.89. The zero-order valence-electron chi connectivity index (χ0n) is 18.8. The van der Waals surface area contributed by atoms with Gasteiger partial charge in [-0.3, -0.25) is 4.79 Å². The maximum absolute atomic E-state index is 15.2. The molecule has 31 heavy (non-hydrogen) atoms. The summed E-state index contributed by atoms with van der Waals surface area (Å²) in [6.45, 7) is 6.61. The van der Waals surface area contributed by atoms with Crippen molar-refractivity contribution in [3.63, 3.8) is 0 Å². The molecule has 1 saturated carbocycles. The molecule has 1 heterocycles. The topological polar surface area (TPSA) is 99.0 Å². The summed E-state index contributed by atoms with van der Waals surface area (Å²) in [5.74, 6) is -1.41. The highest BCUT2D eigenvalue weighted by molar-refractivity contribution is 5.99. The smallest absolute Gasteiger partial charge is 0.253 e. The Hall–Kier alpha value is -2.41. The highest BCUT2D eigenvalue weighted by atomic mass is 19.1. The number of amides is 1. The fourth-order valence-corrected chi connectivity index (χ4v) is 5.13. The molecule has 0 bridgehead atoms. The van der Waals surface area contributed by atoms with Gasteiger partial charge in [-0.15, -0.1) is 0 Å². The van der Waals surface area contributed by atoms with Gasteiger partial charge in [-0.25, -0.2) is 9.07 Å². The lowest BCUT2D eigenvalue weighted by Crippen LogP contribution is -2.43. The van der Waals surface area contributed by atoms with Crippen molar-refractivity contribution in [3.8, 4) is 5.69 Å². The van der Waals surface area contributed by atoms with E-state index in [9.17, 15) is 4.79 Å². The van der Waals surface area contributed by atoms with E-state index in [0.717, 1.165) is 62.8 Å². The Kier molecular flexibility index (Phi) is 5.81. The molecule has 5 N–H and O–H groups in total. The SMILES string of the molecule is CCc1nn(-c2cc(F)c(C(N)=O)c(N[C@H]3CCCC[C@@H]3N)c2)c2c1CCC(C)(C)C2. The highest BCUT2D eigenvalue weighted by Gasteiger charge is 2.32. The maximum Gasteiger partial charge on any atom is 0.253 e. The van der Waals surface area contributed by atoms with E-state index in [1.807, 2.05) is 4.68 Å². The first kappa shape index (κ1) is 21.8. The number of carbonyl (C=O) groups excluding carboxylic acids is 1. The van der Waals surface area contributed by atoms with Crippen molar-refractivity contribution in [3.05, 3.63) is 40.5 Å². The van der Waals surface area contributed by atoms with Crippen LogP contribution in [-0.4, -0.2) is 27.8 Å². The van der Waals surface area contributed by atoms with Crippen molar-refractivity contribution in [1.82, 2.24) is 9.78 Å². The van der Waals surface area contributed by atoms with Gasteiger partial charge in [-0.2, -0.15) is 5.10 Å². The molecule has 0 spiro atoms. The number of primary amides is 1. The number of aryl methyl sites for hydroxylation is 1. The molecule has 0 saturated heterocycles. The summed E-state index contributed by atoms with van der Waals surface area (Å²) in [6, 6.07) is 3.13. The molecule has 0 aliphatic heterocycles. The van der Waals surface area contributed by atoms with Crippen molar-refractivity contribution < 1.29 is 9.18 Å². The fourth-order valence-electron chi connectivity index (χ4n) is 5.13. The van der Waals surface area contributed by atoms with Crippen LogP contribution in [0.2, 0.25) is 0 Å². The van der Waals surface area contributed by atoms with Crippen LogP contribution in [0.5, 0.6) is 0 Å². The van der Waals surface area contributed by atoms with Gasteiger partial charge in [-0.05, 0) is 55.6 Å². The lowest BCUT2D eigenvalue weighted by Gasteiger charge is -2.31. The van der Waals surface area contributed by atoms with Gasteiger partial charge >= 0.3 is 0 Å². The molecule has 4 rings (SSSR count). The molecule has 1 aromatic carbocycles. The van der Waals surface area contributed by atoms with Crippen LogP contribution >= 0.6 is 0 Å². The number of benzene rings is 1. The number of aromatic nitrogens is 2. The van der Waals surface area contributed by atoms with E-state index in [1.165, 1.54) is 11.6 Å². The molecule has 168 valence electrons. The summed E-state index contributed by atoms with van der Waals surface area (Å²) >= 11 is 0. The van der Waals surface area contributed by atoms with Crippen LogP contribution in [0.4, 0.5) is 10.1 Å². The van der Waals surface area contributed by atoms with Gasteiger partial charge in [0.05, 0.1) is 22.6 Å². The largest absolute Gasteiger partial charge is 0.380 e. The zero-order valence-corrected chi connectivity index (χ0v) is 18.8. The van der Waals surface area contributed by atoms with E-state index >= 15 is 4.39 Å². The molecule has 1 fully saturated rings. The first-order chi connectivity index (χ1) is 14.7. The summed E-state index contributed by atoms with van der Waals surface area (Å²) in [5, 5.41) is 8.19. The van der Waals surface area contributed by atoms with E-state index < -0.39 is 11.7 Å². The van der Waals surface area contributed by atoms with Crippen LogP contribution in [-0.2, 0) is 19.3 Å². The Balaban J connectivity index is 1.81. The van der Waals surface area contributed by atoms with Gasteiger partial charge in [0.1, 0.15) is 5.82 Å². The Bertz CT molecular complexity index is 996. The number of carbonyl (C=O) groups is 1. The molecular formula is C24H34FN5O. The summed E-state index contributed by atoms with van der Waals surface area (Å²) in [7, 11) is 0. The number of nitrogens with zero attached hydrogens (tertiary/aromatic N) is 2. The third-order valence-corrected chi connectivity index (χ3v) is 6.93. The first-order valence-electron chi connectivity index (χ1n) is 11.5. The quantitative estimate of drug-likeness (QED) is 0.674. The molecule has 1 aromatic heterocycles. The molecule has 7 heteroatoms. The lowest BCUT2D eigenvalue weighted by atomic mass is 9.76. The fraction of sp³-hybridized carbons (Fsp3) is 0.583. The first-order valence-corrected chi connectivity index (χ1v) is 11.5. The molecular weight excluding hydrogens is 393 g/mol. The summed E-state index contributed by atoms with van der Waals surface area (Å²) in [5.41, 5.74) is 16.4. The molecule has 1 amide bonds. The predicted molar refractivity (Wildman–Crippen MR) is 121 cm³/mol. The minimum Gasteiger partial charge on any atom is -0.380 e. The van der Waals surface area contributed by atoms with Crippen LogP contribution in [0, 0.1) is 11.2 Å². The average molecular weight is 428 g/mol. The molecule has 6 nitrogen and oxygen atoms in total. The van der Waals surface area contributed by atoms with E-state index in [-0.39, 0.29) is 23.1 Å². The van der Waals surface area contributed by atoms with E-state index in [1.54, 1.807) is 6.07 Å². The van der Waals surface area contributed by atoms with Crippen LogP contribution in [0.1, 0.15) is 80.2 Å². The molecule has 0 radical (unpaired) electrons. The van der Waals surface area contributed by atoms with Gasteiger partial charge in [0.2, 0.25) is 0 Å². The Morgan fingerprint density at radius 1 is 1.32 bits per heavy atom. The van der Waals surface area contributed by atoms with Crippen molar-refractivity contribution in [1.29, 1.82) is 0 Å². The molecule has 0 unspecified atom stereocenters. The van der Waals surface area contributed by atoms with Crippen LogP contribution in [0.15, 0.2) is 12.1 Å². The number of fused-ring (bicyclic) bond motifs is 1. The third-order valence-electron chi connectivity index (χ3n) is 6.93. The number of nitrogens with two attached hydrogens (primary N) is 2. The minimum atomic E-state index is -0.784. The zero-order chi connectivity index (χ0) is 22.3. The van der Waals surface area contributed by atoms with E-state index in [2.05, 4.69) is 26.1 Å². The average Bonchev–Trinajstić information content (AvgIpc) is 3.05. The van der Waals surface area contributed by atoms with Gasteiger partial charge in [-0.1, -0.05) is 33.6 Å².